The molecule has 2 N–H and O–H groups in total. The lowest BCUT2D eigenvalue weighted by atomic mass is 10.1. The molecule has 0 spiro atoms. The molecule has 2 rings (SSSR count). The van der Waals surface area contributed by atoms with E-state index in [1.165, 1.54) is 12.1 Å². The zero-order valence-corrected chi connectivity index (χ0v) is 13.5. The van der Waals surface area contributed by atoms with Gasteiger partial charge >= 0.3 is 6.03 Å². The van der Waals surface area contributed by atoms with Gasteiger partial charge in [0.05, 0.1) is 17.8 Å². The first-order chi connectivity index (χ1) is 11.0. The number of carbonyl (C=O) groups is 1. The van der Waals surface area contributed by atoms with E-state index in [0.717, 1.165) is 11.3 Å². The molecule has 0 fully saturated rings. The summed E-state index contributed by atoms with van der Waals surface area (Å²) in [6, 6.07) is 12.9. The number of benzene rings is 2. The van der Waals surface area contributed by atoms with Crippen molar-refractivity contribution in [1.82, 2.24) is 5.32 Å². The van der Waals surface area contributed by atoms with Gasteiger partial charge in [0, 0.05) is 0 Å². The summed E-state index contributed by atoms with van der Waals surface area (Å²) in [5.74, 6) is 0.281. The summed E-state index contributed by atoms with van der Waals surface area (Å²) in [4.78, 5) is 12.0. The zero-order chi connectivity index (χ0) is 16.8. The molecule has 0 aliphatic rings. The van der Waals surface area contributed by atoms with Crippen LogP contribution < -0.4 is 15.4 Å². The Kier molecular flexibility index (Phi) is 5.57. The van der Waals surface area contributed by atoms with Gasteiger partial charge in [-0.05, 0) is 50.6 Å². The molecule has 0 heterocycles. The number of halogens is 1. The minimum atomic E-state index is -0.470. The molecule has 23 heavy (non-hydrogen) atoms. The van der Waals surface area contributed by atoms with Crippen LogP contribution in [0.15, 0.2) is 48.5 Å². The lowest BCUT2D eigenvalue weighted by Gasteiger charge is -2.17. The quantitative estimate of drug-likeness (QED) is 0.853. The molecular weight excluding hydrogens is 295 g/mol. The molecule has 0 radical (unpaired) electrons. The fraction of sp³-hybridized carbons (Fsp3) is 0.278. The number of hydrogen-bond acceptors (Lipinski definition) is 2. The van der Waals surface area contributed by atoms with Crippen LogP contribution in [0.4, 0.5) is 14.9 Å². The molecule has 2 amide bonds. The predicted molar refractivity (Wildman–Crippen MR) is 89.2 cm³/mol. The largest absolute Gasteiger partial charge is 0.491 e. The van der Waals surface area contributed by atoms with Crippen molar-refractivity contribution in [3.63, 3.8) is 0 Å². The third-order valence-electron chi connectivity index (χ3n) is 3.20. The van der Waals surface area contributed by atoms with Crippen molar-refractivity contribution < 1.29 is 13.9 Å². The SMILES string of the molecule is CC(C)Oc1cccc([C@H](C)NC(=O)Nc2ccccc2F)c1. The highest BCUT2D eigenvalue weighted by molar-refractivity contribution is 5.89. The lowest BCUT2D eigenvalue weighted by Crippen LogP contribution is -2.31. The third kappa shape index (κ3) is 4.98. The Morgan fingerprint density at radius 2 is 1.83 bits per heavy atom. The Bertz CT molecular complexity index is 674. The molecule has 0 aliphatic carbocycles. The first-order valence-corrected chi connectivity index (χ1v) is 7.54. The van der Waals surface area contributed by atoms with Crippen molar-refractivity contribution in [3.05, 3.63) is 59.9 Å². The average Bonchev–Trinajstić information content (AvgIpc) is 2.49. The van der Waals surface area contributed by atoms with E-state index in [0.29, 0.717) is 0 Å². The van der Waals surface area contributed by atoms with Crippen LogP contribution in [0.5, 0.6) is 5.75 Å². The number of rotatable bonds is 5. The second kappa shape index (κ2) is 7.63. The fourth-order valence-corrected chi connectivity index (χ4v) is 2.13. The van der Waals surface area contributed by atoms with Crippen LogP contribution in [0.25, 0.3) is 0 Å². The van der Waals surface area contributed by atoms with Crippen molar-refractivity contribution in [1.29, 1.82) is 0 Å². The van der Waals surface area contributed by atoms with Crippen LogP contribution in [0.1, 0.15) is 32.4 Å². The Morgan fingerprint density at radius 3 is 2.52 bits per heavy atom. The summed E-state index contributed by atoms with van der Waals surface area (Å²) >= 11 is 0. The van der Waals surface area contributed by atoms with E-state index in [2.05, 4.69) is 10.6 Å². The Hall–Kier alpha value is -2.56. The van der Waals surface area contributed by atoms with Gasteiger partial charge in [-0.25, -0.2) is 9.18 Å². The second-order valence-corrected chi connectivity index (χ2v) is 5.54. The Labute approximate surface area is 135 Å². The summed E-state index contributed by atoms with van der Waals surface area (Å²) in [6.45, 7) is 5.77. The second-order valence-electron chi connectivity index (χ2n) is 5.54. The average molecular weight is 316 g/mol. The van der Waals surface area contributed by atoms with E-state index in [1.54, 1.807) is 12.1 Å². The minimum absolute atomic E-state index is 0.0814. The van der Waals surface area contributed by atoms with Gasteiger partial charge in [0.25, 0.3) is 0 Å². The van der Waals surface area contributed by atoms with Gasteiger partial charge in [0.1, 0.15) is 11.6 Å². The maximum atomic E-state index is 13.5. The minimum Gasteiger partial charge on any atom is -0.491 e. The van der Waals surface area contributed by atoms with Gasteiger partial charge < -0.3 is 15.4 Å². The standard InChI is InChI=1S/C18H21FN2O2/c1-12(2)23-15-8-6-7-14(11-15)13(3)20-18(22)21-17-10-5-4-9-16(17)19/h4-13H,1-3H3,(H2,20,21,22)/t13-/m0/s1. The van der Waals surface area contributed by atoms with E-state index in [1.807, 2.05) is 45.0 Å². The molecule has 2 aromatic carbocycles. The van der Waals surface area contributed by atoms with Gasteiger partial charge in [0.2, 0.25) is 0 Å². The molecular formula is C18H21FN2O2. The molecule has 0 unspecified atom stereocenters. The third-order valence-corrected chi connectivity index (χ3v) is 3.20. The topological polar surface area (TPSA) is 50.4 Å². The lowest BCUT2D eigenvalue weighted by molar-refractivity contribution is 0.241. The molecule has 1 atom stereocenters. The Morgan fingerprint density at radius 1 is 1.09 bits per heavy atom. The number of hydrogen-bond donors (Lipinski definition) is 2. The van der Waals surface area contributed by atoms with Crippen LogP contribution in [0, 0.1) is 5.82 Å². The van der Waals surface area contributed by atoms with Crippen LogP contribution in [-0.2, 0) is 0 Å². The highest BCUT2D eigenvalue weighted by Crippen LogP contribution is 2.20. The van der Waals surface area contributed by atoms with E-state index >= 15 is 0 Å². The first kappa shape index (κ1) is 16.8. The Balaban J connectivity index is 1.99. The van der Waals surface area contributed by atoms with Crippen LogP contribution in [0.3, 0.4) is 0 Å². The van der Waals surface area contributed by atoms with Gasteiger partial charge in [-0.1, -0.05) is 24.3 Å². The van der Waals surface area contributed by atoms with Crippen LogP contribution >= 0.6 is 0 Å². The number of para-hydroxylation sites is 1. The smallest absolute Gasteiger partial charge is 0.319 e. The normalized spacial score (nSPS) is 11.9. The highest BCUT2D eigenvalue weighted by atomic mass is 19.1. The molecule has 0 bridgehead atoms. The molecule has 0 saturated carbocycles. The van der Waals surface area contributed by atoms with E-state index in [9.17, 15) is 9.18 Å². The number of amides is 2. The van der Waals surface area contributed by atoms with Crippen LogP contribution in [0.2, 0.25) is 0 Å². The van der Waals surface area contributed by atoms with Gasteiger partial charge in [0.15, 0.2) is 0 Å². The first-order valence-electron chi connectivity index (χ1n) is 7.54. The molecule has 4 nitrogen and oxygen atoms in total. The van der Waals surface area contributed by atoms with Crippen molar-refractivity contribution in [3.8, 4) is 5.75 Å². The van der Waals surface area contributed by atoms with Crippen molar-refractivity contribution in [2.75, 3.05) is 5.32 Å². The van der Waals surface area contributed by atoms with E-state index in [-0.39, 0.29) is 17.8 Å². The zero-order valence-electron chi connectivity index (χ0n) is 13.5. The summed E-state index contributed by atoms with van der Waals surface area (Å²) < 4.78 is 19.2. The molecule has 0 aliphatic heterocycles. The van der Waals surface area contributed by atoms with Crippen molar-refractivity contribution in [2.45, 2.75) is 32.9 Å². The van der Waals surface area contributed by atoms with Gasteiger partial charge in [-0.15, -0.1) is 0 Å². The number of nitrogens with one attached hydrogen (secondary N) is 2. The number of carbonyl (C=O) groups excluding carboxylic acids is 1. The number of anilines is 1. The van der Waals surface area contributed by atoms with E-state index in [4.69, 9.17) is 4.74 Å². The maximum Gasteiger partial charge on any atom is 0.319 e. The number of ether oxygens (including phenoxy) is 1. The maximum absolute atomic E-state index is 13.5. The summed E-state index contributed by atoms with van der Waals surface area (Å²) in [5.41, 5.74) is 1.06. The fourth-order valence-electron chi connectivity index (χ4n) is 2.13. The van der Waals surface area contributed by atoms with Crippen molar-refractivity contribution >= 4 is 11.7 Å². The van der Waals surface area contributed by atoms with Crippen LogP contribution in [-0.4, -0.2) is 12.1 Å². The van der Waals surface area contributed by atoms with Gasteiger partial charge in [-0.3, -0.25) is 0 Å². The van der Waals surface area contributed by atoms with Crippen molar-refractivity contribution in [2.24, 2.45) is 0 Å². The molecule has 0 aromatic heterocycles. The predicted octanol–water partition coefficient (Wildman–Crippen LogP) is 4.50. The van der Waals surface area contributed by atoms with Gasteiger partial charge in [-0.2, -0.15) is 0 Å². The summed E-state index contributed by atoms with van der Waals surface area (Å²) in [6.07, 6.45) is 0.0814. The molecule has 0 saturated heterocycles. The monoisotopic (exact) mass is 316 g/mol. The molecule has 2 aromatic rings. The molecule has 5 heteroatoms. The number of urea groups is 1. The molecule has 122 valence electrons. The van der Waals surface area contributed by atoms with E-state index < -0.39 is 11.8 Å². The highest BCUT2D eigenvalue weighted by Gasteiger charge is 2.12. The summed E-state index contributed by atoms with van der Waals surface area (Å²) in [7, 11) is 0. The summed E-state index contributed by atoms with van der Waals surface area (Å²) in [5, 5.41) is 5.28.